The first-order chi connectivity index (χ1) is 9.65. The second-order valence-corrected chi connectivity index (χ2v) is 5.63. The zero-order chi connectivity index (χ0) is 14.3. The van der Waals surface area contributed by atoms with Gasteiger partial charge in [0.1, 0.15) is 18.1 Å². The third kappa shape index (κ3) is 2.00. The van der Waals surface area contributed by atoms with Crippen molar-refractivity contribution in [2.45, 2.75) is 26.2 Å². The molecule has 1 fully saturated rings. The Kier molecular flexibility index (Phi) is 3.46. The van der Waals surface area contributed by atoms with Crippen LogP contribution in [0.5, 0.6) is 0 Å². The van der Waals surface area contributed by atoms with E-state index in [0.29, 0.717) is 12.5 Å². The summed E-state index contributed by atoms with van der Waals surface area (Å²) in [5.74, 6) is 2.48. The summed E-state index contributed by atoms with van der Waals surface area (Å²) in [5.41, 5.74) is 2.35. The Morgan fingerprint density at radius 2 is 2.20 bits per heavy atom. The van der Waals surface area contributed by atoms with Crippen LogP contribution in [0.2, 0.25) is 0 Å². The van der Waals surface area contributed by atoms with Gasteiger partial charge < -0.3 is 9.47 Å². The second kappa shape index (κ2) is 5.13. The van der Waals surface area contributed by atoms with Gasteiger partial charge >= 0.3 is 0 Å². The first-order valence-corrected chi connectivity index (χ1v) is 7.11. The Bertz CT molecular complexity index is 494. The molecule has 0 saturated heterocycles. The normalized spacial score (nSPS) is 29.1. The van der Waals surface area contributed by atoms with Gasteiger partial charge in [-0.05, 0) is 32.1 Å². The molecule has 0 aromatic carbocycles. The van der Waals surface area contributed by atoms with Crippen molar-refractivity contribution in [3.8, 4) is 0 Å². The summed E-state index contributed by atoms with van der Waals surface area (Å²) in [4.78, 5) is 17.2. The number of carbonyl (C=O) groups excluding carboxylic acids is 1. The van der Waals surface area contributed by atoms with E-state index in [1.54, 1.807) is 26.2 Å². The predicted molar refractivity (Wildman–Crippen MR) is 72.2 cm³/mol. The molecule has 2 unspecified atom stereocenters. The van der Waals surface area contributed by atoms with Crippen LogP contribution >= 0.6 is 0 Å². The van der Waals surface area contributed by atoms with Crippen LogP contribution in [-0.2, 0) is 19.1 Å². The fourth-order valence-corrected chi connectivity index (χ4v) is 3.58. The number of ether oxygens (including phenoxy) is 2. The highest BCUT2D eigenvalue weighted by Crippen LogP contribution is 2.47. The van der Waals surface area contributed by atoms with Gasteiger partial charge in [-0.15, -0.1) is 0 Å². The minimum absolute atomic E-state index is 0.0834. The fourth-order valence-electron chi connectivity index (χ4n) is 3.58. The van der Waals surface area contributed by atoms with Gasteiger partial charge in [0.2, 0.25) is 5.88 Å². The third-order valence-electron chi connectivity index (χ3n) is 4.56. The molecule has 2 atom stereocenters. The van der Waals surface area contributed by atoms with Gasteiger partial charge in [0.05, 0.1) is 20.8 Å². The summed E-state index contributed by atoms with van der Waals surface area (Å²) in [5, 5.41) is 1.71. The number of hydrogen-bond acceptors (Lipinski definition) is 5. The van der Waals surface area contributed by atoms with Crippen molar-refractivity contribution in [3.63, 3.8) is 0 Å². The van der Waals surface area contributed by atoms with Crippen molar-refractivity contribution in [1.82, 2.24) is 5.06 Å². The van der Waals surface area contributed by atoms with Crippen LogP contribution in [0.4, 0.5) is 0 Å². The number of hydrogen-bond donors (Lipinski definition) is 0. The van der Waals surface area contributed by atoms with Gasteiger partial charge in [-0.2, -0.15) is 0 Å². The van der Waals surface area contributed by atoms with Gasteiger partial charge in [0.15, 0.2) is 0 Å². The molecular formula is C15H21NO4. The molecule has 3 rings (SSSR count). The maximum absolute atomic E-state index is 11.8. The Morgan fingerprint density at radius 1 is 1.40 bits per heavy atom. The summed E-state index contributed by atoms with van der Waals surface area (Å²) in [6, 6.07) is 0. The molecule has 0 radical (unpaired) electrons. The number of methoxy groups -OCH3 is 1. The standard InChI is InChI=1S/C15H21NO4/c1-9(17)11-6-10-4-5-20-13-8-16(19-3)15(18-2)12(7-11)14(10)13/h10-11H,4-8H2,1-3H3. The number of hydroxylamine groups is 2. The number of carbonyl (C=O) groups is 1. The molecule has 0 amide bonds. The minimum Gasteiger partial charge on any atom is -0.496 e. The van der Waals surface area contributed by atoms with Gasteiger partial charge in [-0.1, -0.05) is 0 Å². The van der Waals surface area contributed by atoms with E-state index in [-0.39, 0.29) is 11.7 Å². The number of rotatable bonds is 3. The maximum atomic E-state index is 11.8. The quantitative estimate of drug-likeness (QED) is 0.791. The Hall–Kier alpha value is -1.49. The highest BCUT2D eigenvalue weighted by Gasteiger charge is 2.42. The van der Waals surface area contributed by atoms with Crippen molar-refractivity contribution in [3.05, 3.63) is 22.8 Å². The smallest absolute Gasteiger partial charge is 0.217 e. The lowest BCUT2D eigenvalue weighted by Gasteiger charge is -2.42. The lowest BCUT2D eigenvalue weighted by Crippen LogP contribution is -2.39. The van der Waals surface area contributed by atoms with Gasteiger partial charge in [-0.25, -0.2) is 5.06 Å². The summed E-state index contributed by atoms with van der Waals surface area (Å²) in [6.45, 7) is 2.99. The number of Topliss-reactive ketones (excluding diaryl/α,β-unsaturated/α-hetero) is 1. The van der Waals surface area contributed by atoms with E-state index >= 15 is 0 Å². The maximum Gasteiger partial charge on any atom is 0.217 e. The number of nitrogens with zero attached hydrogens (tertiary/aromatic N) is 1. The van der Waals surface area contributed by atoms with E-state index in [4.69, 9.17) is 14.3 Å². The van der Waals surface area contributed by atoms with Gasteiger partial charge in [0, 0.05) is 17.1 Å². The lowest BCUT2D eigenvalue weighted by atomic mass is 9.70. The van der Waals surface area contributed by atoms with E-state index in [1.165, 1.54) is 5.57 Å². The molecular weight excluding hydrogens is 258 g/mol. The Morgan fingerprint density at radius 3 is 2.85 bits per heavy atom. The third-order valence-corrected chi connectivity index (χ3v) is 4.56. The van der Waals surface area contributed by atoms with E-state index in [0.717, 1.165) is 43.1 Å². The highest BCUT2D eigenvalue weighted by atomic mass is 16.7. The summed E-state index contributed by atoms with van der Waals surface area (Å²) >= 11 is 0. The van der Waals surface area contributed by atoms with Crippen LogP contribution in [-0.4, -0.2) is 38.2 Å². The molecule has 0 spiro atoms. The first-order valence-electron chi connectivity index (χ1n) is 7.11. The van der Waals surface area contributed by atoms with Crippen LogP contribution in [0, 0.1) is 11.8 Å². The lowest BCUT2D eigenvalue weighted by molar-refractivity contribution is -0.143. The first kappa shape index (κ1) is 13.5. The number of ketones is 1. The van der Waals surface area contributed by atoms with Crippen LogP contribution in [0.15, 0.2) is 22.8 Å². The zero-order valence-electron chi connectivity index (χ0n) is 12.3. The molecule has 2 heterocycles. The molecule has 0 aromatic heterocycles. The molecule has 1 saturated carbocycles. The molecule has 0 aromatic rings. The zero-order valence-corrected chi connectivity index (χ0v) is 12.3. The topological polar surface area (TPSA) is 48.0 Å². The van der Waals surface area contributed by atoms with Crippen molar-refractivity contribution < 1.29 is 19.1 Å². The molecule has 5 heteroatoms. The molecule has 5 nitrogen and oxygen atoms in total. The summed E-state index contributed by atoms with van der Waals surface area (Å²) in [6.07, 6.45) is 2.64. The average molecular weight is 279 g/mol. The number of allylic oxidation sites excluding steroid dienone is 2. The Labute approximate surface area is 119 Å². The molecule has 20 heavy (non-hydrogen) atoms. The van der Waals surface area contributed by atoms with Crippen molar-refractivity contribution in [1.29, 1.82) is 0 Å². The molecule has 3 aliphatic rings. The van der Waals surface area contributed by atoms with Crippen molar-refractivity contribution in [2.75, 3.05) is 27.4 Å². The van der Waals surface area contributed by atoms with Crippen LogP contribution in [0.3, 0.4) is 0 Å². The van der Waals surface area contributed by atoms with E-state index in [1.807, 2.05) is 0 Å². The average Bonchev–Trinajstić information content (AvgIpc) is 2.46. The predicted octanol–water partition coefficient (Wildman–Crippen LogP) is 2.01. The monoisotopic (exact) mass is 279 g/mol. The van der Waals surface area contributed by atoms with E-state index in [9.17, 15) is 4.79 Å². The molecule has 0 N–H and O–H groups in total. The van der Waals surface area contributed by atoms with Gasteiger partial charge in [-0.3, -0.25) is 9.63 Å². The van der Waals surface area contributed by atoms with Crippen LogP contribution in [0.1, 0.15) is 26.2 Å². The van der Waals surface area contributed by atoms with E-state index in [2.05, 4.69) is 0 Å². The van der Waals surface area contributed by atoms with Crippen LogP contribution in [0.25, 0.3) is 0 Å². The highest BCUT2D eigenvalue weighted by molar-refractivity contribution is 5.79. The largest absolute Gasteiger partial charge is 0.496 e. The molecule has 1 aliphatic carbocycles. The summed E-state index contributed by atoms with van der Waals surface area (Å²) in [7, 11) is 3.27. The molecule has 0 bridgehead atoms. The van der Waals surface area contributed by atoms with Crippen molar-refractivity contribution in [2.24, 2.45) is 11.8 Å². The molecule has 110 valence electrons. The van der Waals surface area contributed by atoms with Gasteiger partial charge in [0.25, 0.3) is 0 Å². The second-order valence-electron chi connectivity index (χ2n) is 5.63. The van der Waals surface area contributed by atoms with Crippen molar-refractivity contribution >= 4 is 5.78 Å². The fraction of sp³-hybridized carbons (Fsp3) is 0.667. The van der Waals surface area contributed by atoms with Crippen LogP contribution < -0.4 is 0 Å². The van der Waals surface area contributed by atoms with E-state index < -0.39 is 0 Å². The minimum atomic E-state index is 0.0834. The SMILES string of the molecule is COC1=C2CC(C(C)=O)CC3CCOC(=C23)CN1OC. The molecule has 2 aliphatic heterocycles. The summed E-state index contributed by atoms with van der Waals surface area (Å²) < 4.78 is 11.4. The Balaban J connectivity index is 2.06.